The van der Waals surface area contributed by atoms with Gasteiger partial charge in [-0.15, -0.1) is 0 Å². The number of benzene rings is 3. The van der Waals surface area contributed by atoms with Gasteiger partial charge in [0.1, 0.15) is 6.61 Å². The molecule has 0 saturated heterocycles. The standard InChI is InChI=1S/C25H21ClN2O6/c26-20-11-14(23(30)27-22(12-29)24(31)32)9-10-21(20)28-25(33)34-13-19-17-7-3-1-5-15(17)16-6-2-4-8-18(16)19/h1-11,19,22,29H,12-13H2,(H,27,30)(H,28,33)(H,31,32)/t22-/m0/s1. The van der Waals surface area contributed by atoms with Gasteiger partial charge in [0.15, 0.2) is 6.04 Å². The summed E-state index contributed by atoms with van der Waals surface area (Å²) in [6.45, 7) is -0.619. The van der Waals surface area contributed by atoms with Crippen LogP contribution < -0.4 is 10.6 Å². The highest BCUT2D eigenvalue weighted by Crippen LogP contribution is 2.44. The van der Waals surface area contributed by atoms with E-state index in [0.717, 1.165) is 22.3 Å². The number of rotatable bonds is 7. The van der Waals surface area contributed by atoms with Crippen molar-refractivity contribution in [3.63, 3.8) is 0 Å². The fourth-order valence-corrected chi connectivity index (χ4v) is 4.16. The second-order valence-corrected chi connectivity index (χ2v) is 8.10. The molecule has 3 aromatic rings. The van der Waals surface area contributed by atoms with E-state index < -0.39 is 30.6 Å². The Morgan fingerprint density at radius 1 is 0.971 bits per heavy atom. The predicted molar refractivity (Wildman–Crippen MR) is 126 cm³/mol. The van der Waals surface area contributed by atoms with Gasteiger partial charge in [0.05, 0.1) is 17.3 Å². The van der Waals surface area contributed by atoms with E-state index in [-0.39, 0.29) is 28.8 Å². The average Bonchev–Trinajstić information content (AvgIpc) is 3.16. The molecule has 1 atom stereocenters. The minimum Gasteiger partial charge on any atom is -0.480 e. The van der Waals surface area contributed by atoms with E-state index in [4.69, 9.17) is 26.6 Å². The normalized spacial score (nSPS) is 12.9. The summed E-state index contributed by atoms with van der Waals surface area (Å²) in [6, 6.07) is 18.6. The predicted octanol–water partition coefficient (Wildman–Crippen LogP) is 3.88. The molecular formula is C25H21ClN2O6. The Hall–Kier alpha value is -3.88. The Balaban J connectivity index is 1.40. The summed E-state index contributed by atoms with van der Waals surface area (Å²) < 4.78 is 5.49. The number of fused-ring (bicyclic) bond motifs is 3. The van der Waals surface area contributed by atoms with Gasteiger partial charge in [0.25, 0.3) is 5.91 Å². The highest BCUT2D eigenvalue weighted by molar-refractivity contribution is 6.34. The minimum atomic E-state index is -1.44. The van der Waals surface area contributed by atoms with Crippen molar-refractivity contribution in [1.29, 1.82) is 0 Å². The molecule has 0 bridgehead atoms. The molecule has 0 fully saturated rings. The molecule has 1 aliphatic carbocycles. The number of halogens is 1. The maximum absolute atomic E-state index is 12.5. The lowest BCUT2D eigenvalue weighted by Gasteiger charge is -2.15. The summed E-state index contributed by atoms with van der Waals surface area (Å²) in [7, 11) is 0. The fraction of sp³-hybridized carbons (Fsp3) is 0.160. The van der Waals surface area contributed by atoms with Crippen molar-refractivity contribution in [2.75, 3.05) is 18.5 Å². The molecule has 0 unspecified atom stereocenters. The number of ether oxygens (including phenoxy) is 1. The van der Waals surface area contributed by atoms with E-state index in [1.165, 1.54) is 18.2 Å². The van der Waals surface area contributed by atoms with Crippen LogP contribution in [0.4, 0.5) is 10.5 Å². The molecule has 34 heavy (non-hydrogen) atoms. The molecule has 3 aromatic carbocycles. The van der Waals surface area contributed by atoms with Gasteiger partial charge in [-0.2, -0.15) is 0 Å². The van der Waals surface area contributed by atoms with Crippen LogP contribution in [0.2, 0.25) is 5.02 Å². The molecule has 0 radical (unpaired) electrons. The lowest BCUT2D eigenvalue weighted by molar-refractivity contribution is -0.140. The first-order valence-corrected chi connectivity index (χ1v) is 10.8. The zero-order valence-electron chi connectivity index (χ0n) is 17.8. The molecule has 9 heteroatoms. The van der Waals surface area contributed by atoms with Gasteiger partial charge in [-0.05, 0) is 40.5 Å². The maximum Gasteiger partial charge on any atom is 0.411 e. The summed E-state index contributed by atoms with van der Waals surface area (Å²) >= 11 is 6.20. The summed E-state index contributed by atoms with van der Waals surface area (Å²) in [4.78, 5) is 35.6. The van der Waals surface area contributed by atoms with Gasteiger partial charge >= 0.3 is 12.1 Å². The largest absolute Gasteiger partial charge is 0.480 e. The third-order valence-electron chi connectivity index (χ3n) is 5.60. The van der Waals surface area contributed by atoms with E-state index in [1.54, 1.807) is 0 Å². The van der Waals surface area contributed by atoms with Crippen molar-refractivity contribution in [2.45, 2.75) is 12.0 Å². The minimum absolute atomic E-state index is 0.0667. The Labute approximate surface area is 200 Å². The highest BCUT2D eigenvalue weighted by Gasteiger charge is 2.29. The number of aliphatic hydroxyl groups excluding tert-OH is 1. The molecule has 174 valence electrons. The third-order valence-corrected chi connectivity index (χ3v) is 5.91. The van der Waals surface area contributed by atoms with Crippen LogP contribution in [0.25, 0.3) is 11.1 Å². The van der Waals surface area contributed by atoms with E-state index in [0.29, 0.717) is 0 Å². The summed E-state index contributed by atoms with van der Waals surface area (Å²) in [5, 5.41) is 22.8. The Morgan fingerprint density at radius 3 is 2.15 bits per heavy atom. The number of anilines is 1. The topological polar surface area (TPSA) is 125 Å². The summed E-state index contributed by atoms with van der Waals surface area (Å²) in [5.74, 6) is -2.18. The third kappa shape index (κ3) is 4.73. The molecule has 1 aliphatic rings. The molecule has 2 amide bonds. The van der Waals surface area contributed by atoms with Gasteiger partial charge in [-0.1, -0.05) is 60.1 Å². The molecule has 0 aromatic heterocycles. The molecule has 0 heterocycles. The Bertz CT molecular complexity index is 1220. The van der Waals surface area contributed by atoms with Crippen molar-refractivity contribution in [1.82, 2.24) is 5.32 Å². The second-order valence-electron chi connectivity index (χ2n) is 7.69. The van der Waals surface area contributed by atoms with Crippen molar-refractivity contribution >= 4 is 35.3 Å². The number of carboxylic acid groups (broad SMARTS) is 1. The lowest BCUT2D eigenvalue weighted by atomic mass is 9.98. The first-order valence-electron chi connectivity index (χ1n) is 10.4. The highest BCUT2D eigenvalue weighted by atomic mass is 35.5. The van der Waals surface area contributed by atoms with Crippen LogP contribution in [-0.4, -0.2) is 47.4 Å². The van der Waals surface area contributed by atoms with Crippen LogP contribution in [-0.2, 0) is 9.53 Å². The second kappa shape index (κ2) is 9.94. The number of carbonyl (C=O) groups excluding carboxylic acids is 2. The van der Waals surface area contributed by atoms with Crippen molar-refractivity contribution in [3.05, 3.63) is 88.4 Å². The Kier molecular flexibility index (Phi) is 6.81. The maximum atomic E-state index is 12.5. The number of carboxylic acids is 1. The first kappa shape index (κ1) is 23.3. The van der Waals surface area contributed by atoms with Crippen molar-refractivity contribution in [3.8, 4) is 11.1 Å². The Morgan fingerprint density at radius 2 is 1.59 bits per heavy atom. The van der Waals surface area contributed by atoms with Crippen molar-refractivity contribution in [2.24, 2.45) is 0 Å². The number of carbonyl (C=O) groups is 3. The molecule has 0 spiro atoms. The monoisotopic (exact) mass is 480 g/mol. The van der Waals surface area contributed by atoms with Gasteiger partial charge in [-0.25, -0.2) is 9.59 Å². The molecule has 0 saturated carbocycles. The number of aliphatic hydroxyl groups is 1. The molecule has 8 nitrogen and oxygen atoms in total. The average molecular weight is 481 g/mol. The van der Waals surface area contributed by atoms with Crippen LogP contribution in [0, 0.1) is 0 Å². The number of hydrogen-bond donors (Lipinski definition) is 4. The van der Waals surface area contributed by atoms with Gasteiger partial charge in [-0.3, -0.25) is 10.1 Å². The number of nitrogens with one attached hydrogen (secondary N) is 2. The number of aliphatic carboxylic acids is 1. The zero-order valence-corrected chi connectivity index (χ0v) is 18.6. The van der Waals surface area contributed by atoms with E-state index in [2.05, 4.69) is 10.6 Å². The van der Waals surface area contributed by atoms with E-state index in [9.17, 15) is 14.4 Å². The number of amides is 2. The molecule has 4 N–H and O–H groups in total. The molecule has 0 aliphatic heterocycles. The molecular weight excluding hydrogens is 460 g/mol. The van der Waals surface area contributed by atoms with Gasteiger partial charge in [0, 0.05) is 11.5 Å². The van der Waals surface area contributed by atoms with Crippen LogP contribution in [0.3, 0.4) is 0 Å². The van der Waals surface area contributed by atoms with Crippen molar-refractivity contribution < 1.29 is 29.3 Å². The van der Waals surface area contributed by atoms with Crippen LogP contribution in [0.1, 0.15) is 27.4 Å². The first-order chi connectivity index (χ1) is 16.4. The number of hydrogen-bond acceptors (Lipinski definition) is 5. The van der Waals surface area contributed by atoms with Crippen LogP contribution in [0.5, 0.6) is 0 Å². The molecule has 4 rings (SSSR count). The van der Waals surface area contributed by atoms with E-state index in [1.807, 2.05) is 48.5 Å². The van der Waals surface area contributed by atoms with Crippen LogP contribution in [0.15, 0.2) is 66.7 Å². The fourth-order valence-electron chi connectivity index (χ4n) is 3.93. The van der Waals surface area contributed by atoms with Gasteiger partial charge in [0.2, 0.25) is 0 Å². The SMILES string of the molecule is O=C(Nc1ccc(C(=O)N[C@@H](CO)C(=O)O)cc1Cl)OCC1c2ccccc2-c2ccccc21. The summed E-state index contributed by atoms with van der Waals surface area (Å²) in [5.41, 5.74) is 4.72. The lowest BCUT2D eigenvalue weighted by Crippen LogP contribution is -2.43. The van der Waals surface area contributed by atoms with Gasteiger partial charge < -0.3 is 20.3 Å². The smallest absolute Gasteiger partial charge is 0.411 e. The summed E-state index contributed by atoms with van der Waals surface area (Å²) in [6.07, 6.45) is -0.702. The van der Waals surface area contributed by atoms with Crippen LogP contribution >= 0.6 is 11.6 Å². The zero-order chi connectivity index (χ0) is 24.2. The quantitative estimate of drug-likeness (QED) is 0.407. The van der Waals surface area contributed by atoms with E-state index >= 15 is 0 Å².